The standard InChI is InChI=1S/C26H29N7O/c1-18-5-7-22(33-30-11-12-31-33)21(14-18)25(34)32-13-3-4-19(2)23(32)16-29-24-8-6-20(15-28-24)26(17-27)9-10-26/h5-8,11-12,14-15,19,23H,3-4,9-10,13,16H2,1-2H3,(H,28,29)/t19-,23?/m1/s1. The third-order valence-electron chi connectivity index (χ3n) is 7.17. The van der Waals surface area contributed by atoms with Gasteiger partial charge in [-0.05, 0) is 62.3 Å². The lowest BCUT2D eigenvalue weighted by Crippen LogP contribution is -2.51. The van der Waals surface area contributed by atoms with Crippen LogP contribution in [0.15, 0.2) is 48.9 Å². The van der Waals surface area contributed by atoms with Crippen LogP contribution in [0.1, 0.15) is 54.1 Å². The Morgan fingerprint density at radius 2 is 2.03 bits per heavy atom. The summed E-state index contributed by atoms with van der Waals surface area (Å²) in [5, 5.41) is 21.3. The van der Waals surface area contributed by atoms with E-state index < -0.39 is 0 Å². The van der Waals surface area contributed by atoms with Crippen molar-refractivity contribution in [2.45, 2.75) is 51.0 Å². The van der Waals surface area contributed by atoms with Crippen molar-refractivity contribution >= 4 is 11.7 Å². The lowest BCUT2D eigenvalue weighted by atomic mass is 9.89. The maximum atomic E-state index is 13.8. The molecule has 1 aliphatic heterocycles. The molecule has 1 amide bonds. The molecular weight excluding hydrogens is 426 g/mol. The second-order valence-electron chi connectivity index (χ2n) is 9.53. The average Bonchev–Trinajstić information content (AvgIpc) is 3.47. The van der Waals surface area contributed by atoms with Crippen molar-refractivity contribution in [2.75, 3.05) is 18.4 Å². The van der Waals surface area contributed by atoms with Crippen molar-refractivity contribution < 1.29 is 4.79 Å². The van der Waals surface area contributed by atoms with E-state index in [-0.39, 0.29) is 17.4 Å². The van der Waals surface area contributed by atoms with Crippen molar-refractivity contribution in [1.29, 1.82) is 5.26 Å². The molecule has 0 radical (unpaired) electrons. The van der Waals surface area contributed by atoms with E-state index in [4.69, 9.17) is 0 Å². The molecule has 5 rings (SSSR count). The highest BCUT2D eigenvalue weighted by Crippen LogP contribution is 2.47. The second kappa shape index (κ2) is 8.90. The predicted octanol–water partition coefficient (Wildman–Crippen LogP) is 3.88. The number of rotatable bonds is 6. The Balaban J connectivity index is 1.35. The van der Waals surface area contributed by atoms with Crippen LogP contribution in [-0.4, -0.2) is 49.9 Å². The molecule has 1 saturated carbocycles. The summed E-state index contributed by atoms with van der Waals surface area (Å²) >= 11 is 0. The molecule has 174 valence electrons. The van der Waals surface area contributed by atoms with Crippen molar-refractivity contribution in [3.8, 4) is 11.8 Å². The molecule has 3 aromatic rings. The topological polar surface area (TPSA) is 99.7 Å². The van der Waals surface area contributed by atoms with Crippen molar-refractivity contribution in [1.82, 2.24) is 24.9 Å². The van der Waals surface area contributed by atoms with Gasteiger partial charge >= 0.3 is 0 Å². The summed E-state index contributed by atoms with van der Waals surface area (Å²) < 4.78 is 0. The van der Waals surface area contributed by atoms with E-state index in [9.17, 15) is 10.1 Å². The monoisotopic (exact) mass is 455 g/mol. The van der Waals surface area contributed by atoms with E-state index in [0.29, 0.717) is 30.3 Å². The van der Waals surface area contributed by atoms with Crippen LogP contribution in [0.25, 0.3) is 5.69 Å². The van der Waals surface area contributed by atoms with Gasteiger partial charge in [0, 0.05) is 19.3 Å². The van der Waals surface area contributed by atoms with Gasteiger partial charge in [-0.25, -0.2) is 4.98 Å². The van der Waals surface area contributed by atoms with Crippen molar-refractivity contribution in [3.63, 3.8) is 0 Å². The molecule has 1 aromatic carbocycles. The molecule has 1 unspecified atom stereocenters. The van der Waals surface area contributed by atoms with E-state index in [1.807, 2.05) is 48.4 Å². The number of carbonyl (C=O) groups excluding carboxylic acids is 1. The van der Waals surface area contributed by atoms with Crippen LogP contribution in [0.5, 0.6) is 0 Å². The van der Waals surface area contributed by atoms with Gasteiger partial charge in [-0.15, -0.1) is 0 Å². The lowest BCUT2D eigenvalue weighted by Gasteiger charge is -2.40. The molecule has 1 aliphatic carbocycles. The number of nitrogens with zero attached hydrogens (tertiary/aromatic N) is 6. The number of hydrogen-bond donors (Lipinski definition) is 1. The maximum Gasteiger partial charge on any atom is 0.256 e. The molecule has 2 aromatic heterocycles. The number of amides is 1. The Morgan fingerprint density at radius 3 is 2.71 bits per heavy atom. The van der Waals surface area contributed by atoms with Gasteiger partial charge in [0.15, 0.2) is 0 Å². The Kier molecular flexibility index (Phi) is 5.78. The first kappa shape index (κ1) is 22.1. The van der Waals surface area contributed by atoms with Gasteiger partial charge in [-0.3, -0.25) is 4.79 Å². The molecule has 0 bridgehead atoms. The number of nitriles is 1. The number of hydrogen-bond acceptors (Lipinski definition) is 6. The fraction of sp³-hybridized carbons (Fsp3) is 0.423. The van der Waals surface area contributed by atoms with Crippen LogP contribution >= 0.6 is 0 Å². The molecule has 2 aliphatic rings. The van der Waals surface area contributed by atoms with E-state index in [1.54, 1.807) is 12.4 Å². The zero-order chi connectivity index (χ0) is 23.7. The number of nitrogens with one attached hydrogen (secondary N) is 1. The molecule has 1 N–H and O–H groups in total. The number of carbonyl (C=O) groups is 1. The summed E-state index contributed by atoms with van der Waals surface area (Å²) in [5.41, 5.74) is 2.98. The smallest absolute Gasteiger partial charge is 0.256 e. The average molecular weight is 456 g/mol. The molecule has 8 nitrogen and oxygen atoms in total. The zero-order valence-electron chi connectivity index (χ0n) is 19.6. The van der Waals surface area contributed by atoms with E-state index in [1.165, 1.54) is 4.80 Å². The Bertz CT molecular complexity index is 1210. The summed E-state index contributed by atoms with van der Waals surface area (Å²) in [6.07, 6.45) is 8.91. The minimum absolute atomic E-state index is 0.00218. The van der Waals surface area contributed by atoms with Gasteiger partial charge in [-0.1, -0.05) is 24.6 Å². The summed E-state index contributed by atoms with van der Waals surface area (Å²) in [5.74, 6) is 1.12. The van der Waals surface area contributed by atoms with E-state index in [2.05, 4.69) is 33.5 Å². The third-order valence-corrected chi connectivity index (χ3v) is 7.17. The maximum absolute atomic E-state index is 13.8. The summed E-state index contributed by atoms with van der Waals surface area (Å²) in [6.45, 7) is 5.52. The van der Waals surface area contributed by atoms with Gasteiger partial charge in [0.2, 0.25) is 0 Å². The number of aryl methyl sites for hydroxylation is 1. The number of aromatic nitrogens is 4. The summed E-state index contributed by atoms with van der Waals surface area (Å²) in [6, 6.07) is 12.2. The minimum Gasteiger partial charge on any atom is -0.368 e. The van der Waals surface area contributed by atoms with Crippen molar-refractivity contribution in [3.05, 3.63) is 65.6 Å². The quantitative estimate of drug-likeness (QED) is 0.606. The summed E-state index contributed by atoms with van der Waals surface area (Å²) in [4.78, 5) is 21.9. The fourth-order valence-corrected chi connectivity index (χ4v) is 4.88. The van der Waals surface area contributed by atoms with Crippen LogP contribution in [0, 0.1) is 24.2 Å². The highest BCUT2D eigenvalue weighted by atomic mass is 16.2. The molecule has 3 heterocycles. The fourth-order valence-electron chi connectivity index (χ4n) is 4.88. The van der Waals surface area contributed by atoms with Crippen molar-refractivity contribution in [2.24, 2.45) is 5.92 Å². The van der Waals surface area contributed by atoms with Gasteiger partial charge in [-0.2, -0.15) is 20.3 Å². The lowest BCUT2D eigenvalue weighted by molar-refractivity contribution is 0.0539. The highest BCUT2D eigenvalue weighted by Gasteiger charge is 2.45. The molecular formula is C26H29N7O. The number of likely N-dealkylation sites (tertiary alicyclic amines) is 1. The van der Waals surface area contributed by atoms with Crippen LogP contribution in [0.3, 0.4) is 0 Å². The first-order valence-electron chi connectivity index (χ1n) is 11.9. The molecule has 8 heteroatoms. The van der Waals surface area contributed by atoms with Gasteiger partial charge < -0.3 is 10.2 Å². The molecule has 2 fully saturated rings. The Labute approximate surface area is 199 Å². The van der Waals surface area contributed by atoms with E-state index in [0.717, 1.165) is 42.6 Å². The molecule has 1 saturated heterocycles. The Morgan fingerprint density at radius 1 is 1.24 bits per heavy atom. The number of benzene rings is 1. The normalized spacial score (nSPS) is 21.0. The number of anilines is 1. The second-order valence-corrected chi connectivity index (χ2v) is 9.53. The zero-order valence-corrected chi connectivity index (χ0v) is 19.6. The predicted molar refractivity (Wildman–Crippen MR) is 129 cm³/mol. The van der Waals surface area contributed by atoms with Gasteiger partial charge in [0.05, 0.1) is 41.2 Å². The third kappa shape index (κ3) is 4.14. The minimum atomic E-state index is -0.332. The van der Waals surface area contributed by atoms with Crippen LogP contribution in [0.4, 0.5) is 5.82 Å². The van der Waals surface area contributed by atoms with Crippen LogP contribution < -0.4 is 5.32 Å². The summed E-state index contributed by atoms with van der Waals surface area (Å²) in [7, 11) is 0. The van der Waals surface area contributed by atoms with E-state index >= 15 is 0 Å². The first-order valence-corrected chi connectivity index (χ1v) is 11.9. The van der Waals surface area contributed by atoms with Crippen LogP contribution in [-0.2, 0) is 5.41 Å². The SMILES string of the molecule is Cc1ccc(-n2nccn2)c(C(=O)N2CCC[C@@H](C)C2CNc2ccc(C3(C#N)CC3)cn2)c1. The van der Waals surface area contributed by atoms with Gasteiger partial charge in [0.25, 0.3) is 5.91 Å². The molecule has 2 atom stereocenters. The largest absolute Gasteiger partial charge is 0.368 e. The highest BCUT2D eigenvalue weighted by molar-refractivity contribution is 5.98. The Hall–Kier alpha value is -3.73. The number of piperidine rings is 1. The molecule has 0 spiro atoms. The van der Waals surface area contributed by atoms with Crippen LogP contribution in [0.2, 0.25) is 0 Å². The van der Waals surface area contributed by atoms with Gasteiger partial charge in [0.1, 0.15) is 5.82 Å². The molecule has 34 heavy (non-hydrogen) atoms. The first-order chi connectivity index (χ1) is 16.5. The number of pyridine rings is 1.